The first kappa shape index (κ1) is 13.9. The van der Waals surface area contributed by atoms with Gasteiger partial charge in [0, 0.05) is 18.8 Å². The Morgan fingerprint density at radius 2 is 1.75 bits per heavy atom. The van der Waals surface area contributed by atoms with Crippen LogP contribution >= 0.6 is 0 Å². The Kier molecular flexibility index (Phi) is 3.97. The summed E-state index contributed by atoms with van der Waals surface area (Å²) in [5.74, 6) is 3.23. The molecule has 2 aliphatic rings. The van der Waals surface area contributed by atoms with Gasteiger partial charge in [0.05, 0.1) is 6.61 Å². The molecule has 0 bridgehead atoms. The van der Waals surface area contributed by atoms with Gasteiger partial charge in [-0.3, -0.25) is 0 Å². The van der Waals surface area contributed by atoms with Gasteiger partial charge >= 0.3 is 0 Å². The Hall–Kier alpha value is -1.09. The van der Waals surface area contributed by atoms with E-state index in [1.165, 1.54) is 25.7 Å². The molecule has 0 spiro atoms. The SMILES string of the molecule is CC(C)c1cc(CO)cc(N(CC2CC2)CC2CC2)n1. The van der Waals surface area contributed by atoms with E-state index in [0.29, 0.717) is 5.92 Å². The van der Waals surface area contributed by atoms with Gasteiger partial charge in [-0.15, -0.1) is 0 Å². The first-order valence-corrected chi connectivity index (χ1v) is 8.02. The van der Waals surface area contributed by atoms with E-state index in [-0.39, 0.29) is 6.61 Å². The van der Waals surface area contributed by atoms with E-state index in [9.17, 15) is 5.11 Å². The van der Waals surface area contributed by atoms with Crippen molar-refractivity contribution in [1.29, 1.82) is 0 Å². The number of nitrogens with zero attached hydrogens (tertiary/aromatic N) is 2. The zero-order valence-electron chi connectivity index (χ0n) is 12.7. The number of aliphatic hydroxyl groups is 1. The highest BCUT2D eigenvalue weighted by Crippen LogP contribution is 2.35. The number of aromatic nitrogens is 1. The van der Waals surface area contributed by atoms with Gasteiger partial charge in [0.15, 0.2) is 0 Å². The summed E-state index contributed by atoms with van der Waals surface area (Å²) in [5, 5.41) is 9.49. The second-order valence-corrected chi connectivity index (χ2v) is 6.86. The van der Waals surface area contributed by atoms with Gasteiger partial charge in [-0.05, 0) is 61.1 Å². The van der Waals surface area contributed by atoms with E-state index in [0.717, 1.165) is 42.0 Å². The minimum atomic E-state index is 0.107. The molecule has 0 unspecified atom stereocenters. The van der Waals surface area contributed by atoms with Crippen LogP contribution in [-0.4, -0.2) is 23.2 Å². The number of hydrogen-bond acceptors (Lipinski definition) is 3. The molecule has 3 heteroatoms. The summed E-state index contributed by atoms with van der Waals surface area (Å²) in [6.07, 6.45) is 5.49. The molecule has 3 rings (SSSR count). The van der Waals surface area contributed by atoms with E-state index in [4.69, 9.17) is 4.98 Å². The van der Waals surface area contributed by atoms with Crippen molar-refractivity contribution in [3.8, 4) is 0 Å². The monoisotopic (exact) mass is 274 g/mol. The average Bonchev–Trinajstić information content (AvgIpc) is 3.32. The lowest BCUT2D eigenvalue weighted by atomic mass is 10.1. The molecular formula is C17H26N2O. The largest absolute Gasteiger partial charge is 0.392 e. The molecule has 2 aliphatic carbocycles. The van der Waals surface area contributed by atoms with Gasteiger partial charge in [-0.25, -0.2) is 4.98 Å². The zero-order valence-corrected chi connectivity index (χ0v) is 12.7. The summed E-state index contributed by atoms with van der Waals surface area (Å²) in [6.45, 7) is 6.74. The van der Waals surface area contributed by atoms with Crippen LogP contribution in [0.3, 0.4) is 0 Å². The fourth-order valence-electron chi connectivity index (χ4n) is 2.63. The van der Waals surface area contributed by atoms with E-state index < -0.39 is 0 Å². The topological polar surface area (TPSA) is 36.4 Å². The van der Waals surface area contributed by atoms with Crippen molar-refractivity contribution in [3.05, 3.63) is 23.4 Å². The number of aliphatic hydroxyl groups excluding tert-OH is 1. The molecule has 2 fully saturated rings. The molecule has 3 nitrogen and oxygen atoms in total. The summed E-state index contributed by atoms with van der Waals surface area (Å²) in [4.78, 5) is 7.33. The van der Waals surface area contributed by atoms with Gasteiger partial charge in [0.2, 0.25) is 0 Å². The maximum Gasteiger partial charge on any atom is 0.129 e. The number of anilines is 1. The predicted octanol–water partition coefficient (Wildman–Crippen LogP) is 3.32. The molecule has 1 aromatic rings. The van der Waals surface area contributed by atoms with Crippen molar-refractivity contribution < 1.29 is 5.11 Å². The maximum atomic E-state index is 9.49. The van der Waals surface area contributed by atoms with Crippen molar-refractivity contribution in [2.75, 3.05) is 18.0 Å². The van der Waals surface area contributed by atoms with Crippen LogP contribution in [0.1, 0.15) is 56.7 Å². The third-order valence-electron chi connectivity index (χ3n) is 4.34. The van der Waals surface area contributed by atoms with Gasteiger partial charge < -0.3 is 10.0 Å². The highest BCUT2D eigenvalue weighted by molar-refractivity contribution is 5.44. The molecule has 0 saturated heterocycles. The Bertz CT molecular complexity index is 450. The third-order valence-corrected chi connectivity index (χ3v) is 4.34. The summed E-state index contributed by atoms with van der Waals surface area (Å²) in [6, 6.07) is 4.12. The minimum absolute atomic E-state index is 0.107. The molecule has 1 heterocycles. The second kappa shape index (κ2) is 5.72. The first-order chi connectivity index (χ1) is 9.65. The molecule has 110 valence electrons. The third kappa shape index (κ3) is 3.51. The van der Waals surface area contributed by atoms with Crippen molar-refractivity contribution in [2.45, 2.75) is 52.1 Å². The van der Waals surface area contributed by atoms with Crippen molar-refractivity contribution in [1.82, 2.24) is 4.98 Å². The minimum Gasteiger partial charge on any atom is -0.392 e. The lowest BCUT2D eigenvalue weighted by Crippen LogP contribution is -2.29. The van der Waals surface area contributed by atoms with E-state index in [2.05, 4.69) is 24.8 Å². The Morgan fingerprint density at radius 3 is 2.20 bits per heavy atom. The average molecular weight is 274 g/mol. The Balaban J connectivity index is 1.84. The Morgan fingerprint density at radius 1 is 1.15 bits per heavy atom. The number of rotatable bonds is 7. The van der Waals surface area contributed by atoms with E-state index in [1.54, 1.807) is 0 Å². The lowest BCUT2D eigenvalue weighted by molar-refractivity contribution is 0.281. The van der Waals surface area contributed by atoms with E-state index >= 15 is 0 Å². The first-order valence-electron chi connectivity index (χ1n) is 8.02. The van der Waals surface area contributed by atoms with Crippen LogP contribution in [0.15, 0.2) is 12.1 Å². The quantitative estimate of drug-likeness (QED) is 0.828. The van der Waals surface area contributed by atoms with E-state index in [1.807, 2.05) is 6.07 Å². The van der Waals surface area contributed by atoms with Gasteiger partial charge in [0.25, 0.3) is 0 Å². The van der Waals surface area contributed by atoms with Crippen LogP contribution in [0.2, 0.25) is 0 Å². The fourth-order valence-corrected chi connectivity index (χ4v) is 2.63. The van der Waals surface area contributed by atoms with Crippen LogP contribution in [0.4, 0.5) is 5.82 Å². The predicted molar refractivity (Wildman–Crippen MR) is 81.9 cm³/mol. The van der Waals surface area contributed by atoms with Crippen LogP contribution in [0, 0.1) is 11.8 Å². The molecule has 2 saturated carbocycles. The van der Waals surface area contributed by atoms with Gasteiger partial charge in [-0.2, -0.15) is 0 Å². The molecule has 1 N–H and O–H groups in total. The van der Waals surface area contributed by atoms with Gasteiger partial charge in [0.1, 0.15) is 5.82 Å². The fraction of sp³-hybridized carbons (Fsp3) is 0.706. The van der Waals surface area contributed by atoms with Crippen LogP contribution in [-0.2, 0) is 6.61 Å². The number of pyridine rings is 1. The van der Waals surface area contributed by atoms with Crippen LogP contribution < -0.4 is 4.90 Å². The maximum absolute atomic E-state index is 9.49. The standard InChI is InChI=1S/C17H26N2O/c1-12(2)16-7-15(11-20)8-17(18-16)19(9-13-3-4-13)10-14-5-6-14/h7-8,12-14,20H,3-6,9-11H2,1-2H3. The van der Waals surface area contributed by atoms with Crippen LogP contribution in [0.5, 0.6) is 0 Å². The van der Waals surface area contributed by atoms with Crippen molar-refractivity contribution in [2.24, 2.45) is 11.8 Å². The van der Waals surface area contributed by atoms with Gasteiger partial charge in [-0.1, -0.05) is 13.8 Å². The number of hydrogen-bond donors (Lipinski definition) is 1. The summed E-state index contributed by atoms with van der Waals surface area (Å²) in [7, 11) is 0. The van der Waals surface area contributed by atoms with Crippen LogP contribution in [0.25, 0.3) is 0 Å². The molecule has 1 aromatic heterocycles. The van der Waals surface area contributed by atoms with Crippen molar-refractivity contribution in [3.63, 3.8) is 0 Å². The Labute approximate surface area is 122 Å². The smallest absolute Gasteiger partial charge is 0.129 e. The molecule has 0 atom stereocenters. The summed E-state index contributed by atoms with van der Waals surface area (Å²) >= 11 is 0. The lowest BCUT2D eigenvalue weighted by Gasteiger charge is -2.25. The normalized spacial score (nSPS) is 18.6. The second-order valence-electron chi connectivity index (χ2n) is 6.86. The summed E-state index contributed by atoms with van der Waals surface area (Å²) in [5.41, 5.74) is 2.10. The van der Waals surface area contributed by atoms with Crippen molar-refractivity contribution >= 4 is 5.82 Å². The molecule has 20 heavy (non-hydrogen) atoms. The summed E-state index contributed by atoms with van der Waals surface area (Å²) < 4.78 is 0. The molecular weight excluding hydrogens is 248 g/mol. The molecule has 0 aliphatic heterocycles. The highest BCUT2D eigenvalue weighted by atomic mass is 16.3. The molecule has 0 aromatic carbocycles. The molecule has 0 amide bonds. The highest BCUT2D eigenvalue weighted by Gasteiger charge is 2.30. The zero-order chi connectivity index (χ0) is 14.1. The molecule has 0 radical (unpaired) electrons.